The molecule has 150 valence electrons. The van der Waals surface area contributed by atoms with Crippen LogP contribution in [0.3, 0.4) is 0 Å². The molecule has 0 fully saturated rings. The molecule has 1 aromatic heterocycles. The molecule has 1 heterocycles. The van der Waals surface area contributed by atoms with Gasteiger partial charge >= 0.3 is 11.6 Å². The second kappa shape index (κ2) is 8.66. The summed E-state index contributed by atoms with van der Waals surface area (Å²) in [5, 5.41) is 3.32. The van der Waals surface area contributed by atoms with Gasteiger partial charge in [-0.25, -0.2) is 9.59 Å². The molecule has 8 nitrogen and oxygen atoms in total. The van der Waals surface area contributed by atoms with Crippen molar-refractivity contribution in [2.24, 2.45) is 0 Å². The fourth-order valence-electron chi connectivity index (χ4n) is 2.57. The van der Waals surface area contributed by atoms with Crippen molar-refractivity contribution in [1.82, 2.24) is 0 Å². The molecule has 9 heteroatoms. The van der Waals surface area contributed by atoms with E-state index in [2.05, 4.69) is 5.32 Å². The van der Waals surface area contributed by atoms with E-state index in [1.807, 2.05) is 0 Å². The predicted molar refractivity (Wildman–Crippen MR) is 106 cm³/mol. The summed E-state index contributed by atoms with van der Waals surface area (Å²) in [6, 6.07) is 10.9. The molecule has 0 radical (unpaired) electrons. The highest BCUT2D eigenvalue weighted by Gasteiger charge is 2.18. The largest absolute Gasteiger partial charge is 0.495 e. The molecule has 0 saturated heterocycles. The number of carbonyl (C=O) groups excluding carboxylic acids is 2. The highest BCUT2D eigenvalue weighted by atomic mass is 35.5. The summed E-state index contributed by atoms with van der Waals surface area (Å²) in [4.78, 5) is 36.4. The van der Waals surface area contributed by atoms with Crippen LogP contribution in [0.1, 0.15) is 10.4 Å². The highest BCUT2D eigenvalue weighted by Crippen LogP contribution is 2.27. The van der Waals surface area contributed by atoms with E-state index in [4.69, 9.17) is 30.2 Å². The number of amides is 1. The summed E-state index contributed by atoms with van der Waals surface area (Å²) in [6.45, 7) is -0.599. The Morgan fingerprint density at radius 2 is 1.83 bits per heavy atom. The summed E-state index contributed by atoms with van der Waals surface area (Å²) < 4.78 is 20.2. The monoisotopic (exact) mass is 417 g/mol. The number of esters is 1. The van der Waals surface area contributed by atoms with E-state index in [0.29, 0.717) is 27.6 Å². The maximum Gasteiger partial charge on any atom is 0.351 e. The Hall–Kier alpha value is -3.52. The summed E-state index contributed by atoms with van der Waals surface area (Å²) in [7, 11) is 2.91. The number of anilines is 1. The van der Waals surface area contributed by atoms with Gasteiger partial charge in [-0.05, 0) is 30.3 Å². The first-order valence-electron chi connectivity index (χ1n) is 8.34. The van der Waals surface area contributed by atoms with Crippen molar-refractivity contribution in [3.63, 3.8) is 0 Å². The van der Waals surface area contributed by atoms with Crippen LogP contribution in [0.5, 0.6) is 11.5 Å². The zero-order valence-corrected chi connectivity index (χ0v) is 16.2. The molecule has 1 amide bonds. The van der Waals surface area contributed by atoms with Crippen LogP contribution >= 0.6 is 11.6 Å². The maximum atomic E-state index is 12.2. The Labute approximate surface area is 169 Å². The summed E-state index contributed by atoms with van der Waals surface area (Å²) in [5.74, 6) is -0.773. The van der Waals surface area contributed by atoms with Crippen molar-refractivity contribution < 1.29 is 28.2 Å². The SMILES string of the molecule is COc1ccc(NC(=O)COC(=O)c2cc3cccc(OC)c3oc2=O)cc1Cl. The quantitative estimate of drug-likeness (QED) is 0.485. The van der Waals surface area contributed by atoms with E-state index in [0.717, 1.165) is 0 Å². The molecule has 3 aromatic rings. The van der Waals surface area contributed by atoms with Crippen molar-refractivity contribution in [3.05, 3.63) is 63.5 Å². The van der Waals surface area contributed by atoms with Crippen molar-refractivity contribution in [3.8, 4) is 11.5 Å². The molecule has 1 N–H and O–H groups in total. The molecule has 2 aromatic carbocycles. The Bertz CT molecular complexity index is 1140. The lowest BCUT2D eigenvalue weighted by Gasteiger charge is -2.09. The third kappa shape index (κ3) is 4.49. The molecule has 0 aliphatic heterocycles. The van der Waals surface area contributed by atoms with Crippen molar-refractivity contribution in [2.75, 3.05) is 26.1 Å². The lowest BCUT2D eigenvalue weighted by molar-refractivity contribution is -0.119. The van der Waals surface area contributed by atoms with Crippen molar-refractivity contribution in [1.29, 1.82) is 0 Å². The molecule has 0 aliphatic carbocycles. The number of methoxy groups -OCH3 is 2. The summed E-state index contributed by atoms with van der Waals surface area (Å²) >= 11 is 5.99. The predicted octanol–water partition coefficient (Wildman–Crippen LogP) is 3.26. The number of fused-ring (bicyclic) bond motifs is 1. The highest BCUT2D eigenvalue weighted by molar-refractivity contribution is 6.32. The molecule has 0 aliphatic rings. The topological polar surface area (TPSA) is 104 Å². The standard InChI is InChI=1S/C20H16ClNO7/c1-26-15-7-6-12(9-14(15)21)22-17(23)10-28-19(24)13-8-11-4-3-5-16(27-2)18(11)29-20(13)25/h3-9H,10H2,1-2H3,(H,22,23). The van der Waals surface area contributed by atoms with Crippen LogP contribution in [0, 0.1) is 0 Å². The number of rotatable bonds is 6. The Balaban J connectivity index is 1.69. The second-order valence-electron chi connectivity index (χ2n) is 5.80. The molecule has 0 atom stereocenters. The number of benzene rings is 2. The molecule has 3 rings (SSSR count). The van der Waals surface area contributed by atoms with Gasteiger partial charge in [-0.1, -0.05) is 23.7 Å². The number of para-hydroxylation sites is 1. The van der Waals surface area contributed by atoms with Crippen LogP contribution in [0.2, 0.25) is 5.02 Å². The van der Waals surface area contributed by atoms with Crippen LogP contribution < -0.4 is 20.4 Å². The average Bonchev–Trinajstić information content (AvgIpc) is 2.71. The lowest BCUT2D eigenvalue weighted by Crippen LogP contribution is -2.23. The van der Waals surface area contributed by atoms with E-state index in [9.17, 15) is 14.4 Å². The smallest absolute Gasteiger partial charge is 0.351 e. The number of halogens is 1. The third-order valence-corrected chi connectivity index (χ3v) is 4.23. The number of ether oxygens (including phenoxy) is 3. The number of nitrogens with one attached hydrogen (secondary N) is 1. The second-order valence-corrected chi connectivity index (χ2v) is 6.21. The minimum Gasteiger partial charge on any atom is -0.495 e. The Kier molecular flexibility index (Phi) is 6.04. The number of carbonyl (C=O) groups is 2. The van der Waals surface area contributed by atoms with Gasteiger partial charge in [0.2, 0.25) is 0 Å². The maximum absolute atomic E-state index is 12.2. The van der Waals surface area contributed by atoms with Gasteiger partial charge in [0, 0.05) is 11.1 Å². The Morgan fingerprint density at radius 3 is 2.52 bits per heavy atom. The summed E-state index contributed by atoms with van der Waals surface area (Å²) in [6.07, 6.45) is 0. The van der Waals surface area contributed by atoms with Gasteiger partial charge in [-0.2, -0.15) is 0 Å². The van der Waals surface area contributed by atoms with E-state index >= 15 is 0 Å². The van der Waals surface area contributed by atoms with E-state index in [1.165, 1.54) is 26.4 Å². The van der Waals surface area contributed by atoms with E-state index in [-0.39, 0.29) is 11.1 Å². The van der Waals surface area contributed by atoms with Crippen LogP contribution in [0.4, 0.5) is 5.69 Å². The first-order chi connectivity index (χ1) is 13.9. The van der Waals surface area contributed by atoms with E-state index in [1.54, 1.807) is 30.3 Å². The van der Waals surface area contributed by atoms with Crippen molar-refractivity contribution in [2.45, 2.75) is 0 Å². The Morgan fingerprint density at radius 1 is 1.07 bits per heavy atom. The first-order valence-corrected chi connectivity index (χ1v) is 8.72. The molecule has 0 bridgehead atoms. The minimum atomic E-state index is -0.980. The fraction of sp³-hybridized carbons (Fsp3) is 0.150. The third-order valence-electron chi connectivity index (χ3n) is 3.93. The van der Waals surface area contributed by atoms with Crippen LogP contribution in [0.15, 0.2) is 51.7 Å². The normalized spacial score (nSPS) is 10.4. The van der Waals surface area contributed by atoms with Gasteiger partial charge in [-0.3, -0.25) is 4.79 Å². The van der Waals surface area contributed by atoms with E-state index < -0.39 is 24.1 Å². The first kappa shape index (κ1) is 20.2. The van der Waals surface area contributed by atoms with Crippen LogP contribution in [-0.2, 0) is 9.53 Å². The molecule has 0 unspecified atom stereocenters. The zero-order chi connectivity index (χ0) is 21.0. The van der Waals surface area contributed by atoms with Gasteiger partial charge in [-0.15, -0.1) is 0 Å². The van der Waals surface area contributed by atoms with Gasteiger partial charge in [0.1, 0.15) is 11.3 Å². The van der Waals surface area contributed by atoms with Crippen molar-refractivity contribution >= 4 is 40.1 Å². The summed E-state index contributed by atoms with van der Waals surface area (Å²) in [5.41, 5.74) is -0.611. The van der Waals surface area contributed by atoms with Crippen LogP contribution in [-0.4, -0.2) is 32.7 Å². The number of hydrogen-bond donors (Lipinski definition) is 1. The van der Waals surface area contributed by atoms with Gasteiger partial charge < -0.3 is 23.9 Å². The fourth-order valence-corrected chi connectivity index (χ4v) is 2.83. The van der Waals surface area contributed by atoms with Gasteiger partial charge in [0.25, 0.3) is 5.91 Å². The zero-order valence-electron chi connectivity index (χ0n) is 15.5. The molecular weight excluding hydrogens is 402 g/mol. The van der Waals surface area contributed by atoms with Gasteiger partial charge in [0.15, 0.2) is 17.9 Å². The molecule has 0 spiro atoms. The molecule has 29 heavy (non-hydrogen) atoms. The average molecular weight is 418 g/mol. The molecule has 0 saturated carbocycles. The van der Waals surface area contributed by atoms with Gasteiger partial charge in [0.05, 0.1) is 19.2 Å². The lowest BCUT2D eigenvalue weighted by atomic mass is 10.2. The van der Waals surface area contributed by atoms with Crippen LogP contribution in [0.25, 0.3) is 11.0 Å². The minimum absolute atomic E-state index is 0.214. The molecular formula is C20H16ClNO7. The number of hydrogen-bond acceptors (Lipinski definition) is 7.